The summed E-state index contributed by atoms with van der Waals surface area (Å²) in [6, 6.07) is 0. The van der Waals surface area contributed by atoms with E-state index in [0.717, 1.165) is 32.1 Å². The molecule has 0 saturated heterocycles. The zero-order valence-electron chi connectivity index (χ0n) is 19.1. The predicted octanol–water partition coefficient (Wildman–Crippen LogP) is 6.91. The monoisotopic (exact) mass is 390 g/mol. The maximum absolute atomic E-state index is 13.6. The Morgan fingerprint density at radius 2 is 1.81 bits per heavy atom. The number of carbonyl (C=O) groups is 1. The van der Waals surface area contributed by atoms with Crippen molar-refractivity contribution in [1.82, 2.24) is 0 Å². The summed E-state index contributed by atoms with van der Waals surface area (Å²) in [7, 11) is -1.84. The molecule has 0 heterocycles. The van der Waals surface area contributed by atoms with Crippen LogP contribution in [0.1, 0.15) is 86.5 Å². The second-order valence-corrected chi connectivity index (χ2v) is 16.6. The summed E-state index contributed by atoms with van der Waals surface area (Å²) in [5, 5.41) is 0.211. The molecule has 0 aromatic carbocycles. The summed E-state index contributed by atoms with van der Waals surface area (Å²) in [6.45, 7) is 18.7. The summed E-state index contributed by atoms with van der Waals surface area (Å²) in [4.78, 5) is 13.6. The lowest BCUT2D eigenvalue weighted by Gasteiger charge is -2.49. The van der Waals surface area contributed by atoms with E-state index < -0.39 is 8.32 Å². The van der Waals surface area contributed by atoms with Gasteiger partial charge in [0.1, 0.15) is 5.78 Å². The SMILES string of the molecule is CC1(C)/C2=C/C[C@H]3[C@H](O[Si](C)(C)C(C)(C)C)CCC[C@@]3(C)C(=O)CC1CC2. The van der Waals surface area contributed by atoms with Gasteiger partial charge in [-0.3, -0.25) is 4.79 Å². The zero-order chi connectivity index (χ0) is 20.3. The molecule has 3 rings (SSSR count). The van der Waals surface area contributed by atoms with Crippen LogP contribution in [0.5, 0.6) is 0 Å². The van der Waals surface area contributed by atoms with Crippen LogP contribution in [0.3, 0.4) is 0 Å². The van der Waals surface area contributed by atoms with Crippen LogP contribution in [0.15, 0.2) is 11.6 Å². The van der Waals surface area contributed by atoms with Gasteiger partial charge in [-0.05, 0) is 73.9 Å². The Hall–Kier alpha value is -0.413. The molecule has 0 radical (unpaired) electrons. The summed E-state index contributed by atoms with van der Waals surface area (Å²) in [6.07, 6.45) is 10.2. The van der Waals surface area contributed by atoms with Crippen molar-refractivity contribution in [2.75, 3.05) is 0 Å². The molecule has 154 valence electrons. The number of rotatable bonds is 2. The van der Waals surface area contributed by atoms with Crippen molar-refractivity contribution in [2.24, 2.45) is 22.7 Å². The van der Waals surface area contributed by atoms with Crippen LogP contribution in [-0.2, 0) is 9.22 Å². The van der Waals surface area contributed by atoms with Gasteiger partial charge in [0, 0.05) is 17.9 Å². The smallest absolute Gasteiger partial charge is 0.192 e. The third-order valence-electron chi connectivity index (χ3n) is 9.00. The van der Waals surface area contributed by atoms with E-state index in [1.165, 1.54) is 12.8 Å². The first kappa shape index (κ1) is 21.3. The Morgan fingerprint density at radius 3 is 2.44 bits per heavy atom. The van der Waals surface area contributed by atoms with Crippen molar-refractivity contribution < 1.29 is 9.22 Å². The van der Waals surface area contributed by atoms with Crippen molar-refractivity contribution in [3.8, 4) is 0 Å². The summed E-state index contributed by atoms with van der Waals surface area (Å²) in [5.74, 6) is 1.38. The predicted molar refractivity (Wildman–Crippen MR) is 116 cm³/mol. The molecule has 0 amide bonds. The first-order valence-corrected chi connectivity index (χ1v) is 14.1. The van der Waals surface area contributed by atoms with Gasteiger partial charge in [0.2, 0.25) is 0 Å². The molecule has 2 nitrogen and oxygen atoms in total. The van der Waals surface area contributed by atoms with Gasteiger partial charge in [0.15, 0.2) is 8.32 Å². The standard InChI is InChI=1S/C24H42O2Si/c1-22(2,3)27(7,8)26-20-10-9-15-24(6)19(20)14-13-17-11-12-18(16-21(24)25)23(17,4)5/h13,18-20H,9-12,14-16H2,1-8H3/b17-13+/t18?,19-,20+,24+/m0/s1. The second kappa shape index (κ2) is 6.83. The Morgan fingerprint density at radius 1 is 1.15 bits per heavy atom. The Balaban J connectivity index is 1.95. The van der Waals surface area contributed by atoms with Gasteiger partial charge < -0.3 is 4.43 Å². The third kappa shape index (κ3) is 3.63. The van der Waals surface area contributed by atoms with Crippen LogP contribution in [-0.4, -0.2) is 20.2 Å². The van der Waals surface area contributed by atoms with Gasteiger partial charge in [-0.25, -0.2) is 0 Å². The topological polar surface area (TPSA) is 26.3 Å². The summed E-state index contributed by atoms with van der Waals surface area (Å²) >= 11 is 0. The van der Waals surface area contributed by atoms with Crippen LogP contribution in [0.2, 0.25) is 18.1 Å². The number of allylic oxidation sites excluding steroid dienone is 2. The van der Waals surface area contributed by atoms with E-state index in [-0.39, 0.29) is 22.0 Å². The van der Waals surface area contributed by atoms with Crippen molar-refractivity contribution >= 4 is 14.1 Å². The molecule has 0 aromatic heterocycles. The molecule has 0 N–H and O–H groups in total. The van der Waals surface area contributed by atoms with Gasteiger partial charge in [-0.2, -0.15) is 0 Å². The molecule has 3 heteroatoms. The van der Waals surface area contributed by atoms with E-state index in [1.807, 2.05) is 0 Å². The van der Waals surface area contributed by atoms with Crippen molar-refractivity contribution in [2.45, 2.75) is 111 Å². The highest BCUT2D eigenvalue weighted by Crippen LogP contribution is 2.55. The number of fused-ring (bicyclic) bond motifs is 3. The lowest BCUT2D eigenvalue weighted by Crippen LogP contribution is -2.52. The number of Topliss-reactive ketones (excluding diaryl/α,β-unsaturated/α-hetero) is 1. The molecule has 3 aliphatic carbocycles. The lowest BCUT2D eigenvalue weighted by molar-refractivity contribution is -0.138. The molecule has 2 saturated carbocycles. The molecule has 2 fully saturated rings. The molecule has 4 atom stereocenters. The number of hydrogen-bond donors (Lipinski definition) is 0. The summed E-state index contributed by atoms with van der Waals surface area (Å²) < 4.78 is 6.95. The van der Waals surface area contributed by atoms with E-state index in [1.54, 1.807) is 5.57 Å². The Kier molecular flexibility index (Phi) is 5.39. The molecule has 0 aliphatic heterocycles. The third-order valence-corrected chi connectivity index (χ3v) is 13.5. The molecule has 0 aromatic rings. The highest BCUT2D eigenvalue weighted by atomic mass is 28.4. The minimum Gasteiger partial charge on any atom is -0.414 e. The van der Waals surface area contributed by atoms with Gasteiger partial charge in [0.05, 0.1) is 0 Å². The molecule has 2 bridgehead atoms. The van der Waals surface area contributed by atoms with Crippen LogP contribution < -0.4 is 0 Å². The molecular formula is C24H42O2Si. The molecule has 1 unspecified atom stereocenters. The fraction of sp³-hybridized carbons (Fsp3) is 0.875. The van der Waals surface area contributed by atoms with Gasteiger partial charge in [0.25, 0.3) is 0 Å². The van der Waals surface area contributed by atoms with Crippen molar-refractivity contribution in [3.63, 3.8) is 0 Å². The highest BCUT2D eigenvalue weighted by molar-refractivity contribution is 6.74. The second-order valence-electron chi connectivity index (χ2n) is 11.9. The average molecular weight is 391 g/mol. The molecular weight excluding hydrogens is 348 g/mol. The summed E-state index contributed by atoms with van der Waals surface area (Å²) in [5.41, 5.74) is 1.58. The fourth-order valence-electron chi connectivity index (χ4n) is 5.65. The van der Waals surface area contributed by atoms with Crippen LogP contribution in [0.25, 0.3) is 0 Å². The van der Waals surface area contributed by atoms with E-state index >= 15 is 0 Å². The number of ketones is 1. The van der Waals surface area contributed by atoms with E-state index in [0.29, 0.717) is 17.6 Å². The van der Waals surface area contributed by atoms with E-state index in [4.69, 9.17) is 4.43 Å². The van der Waals surface area contributed by atoms with Gasteiger partial charge >= 0.3 is 0 Å². The van der Waals surface area contributed by atoms with Crippen molar-refractivity contribution in [3.05, 3.63) is 11.6 Å². The highest BCUT2D eigenvalue weighted by Gasteiger charge is 2.52. The zero-order valence-corrected chi connectivity index (χ0v) is 20.1. The molecule has 27 heavy (non-hydrogen) atoms. The maximum Gasteiger partial charge on any atom is 0.192 e. The van der Waals surface area contributed by atoms with E-state index in [9.17, 15) is 4.79 Å². The fourth-order valence-corrected chi connectivity index (χ4v) is 7.04. The normalized spacial score (nSPS) is 39.0. The quantitative estimate of drug-likeness (QED) is 0.378. The minimum atomic E-state index is -1.84. The molecule has 3 aliphatic rings. The van der Waals surface area contributed by atoms with E-state index in [2.05, 4.69) is 60.7 Å². The first-order valence-electron chi connectivity index (χ1n) is 11.2. The largest absolute Gasteiger partial charge is 0.414 e. The minimum absolute atomic E-state index is 0.190. The van der Waals surface area contributed by atoms with Crippen LogP contribution in [0.4, 0.5) is 0 Å². The maximum atomic E-state index is 13.6. The Labute approximate surface area is 168 Å². The van der Waals surface area contributed by atoms with Gasteiger partial charge in [-0.15, -0.1) is 0 Å². The Bertz CT molecular complexity index is 625. The molecule has 0 spiro atoms. The number of carbonyl (C=O) groups excluding carboxylic acids is 1. The number of hydrogen-bond acceptors (Lipinski definition) is 2. The average Bonchev–Trinajstić information content (AvgIpc) is 2.80. The van der Waals surface area contributed by atoms with Crippen molar-refractivity contribution in [1.29, 1.82) is 0 Å². The van der Waals surface area contributed by atoms with Crippen LogP contribution >= 0.6 is 0 Å². The van der Waals surface area contributed by atoms with Crippen LogP contribution in [0, 0.1) is 22.7 Å². The first-order chi connectivity index (χ1) is 12.3. The van der Waals surface area contributed by atoms with Gasteiger partial charge in [-0.1, -0.05) is 53.2 Å². The lowest BCUT2D eigenvalue weighted by atomic mass is 9.61.